The number of benzene rings is 2. The molecular formula is C27H30ClN3O4. The lowest BCUT2D eigenvalue weighted by molar-refractivity contribution is 0.0846. The van der Waals surface area contributed by atoms with E-state index >= 15 is 0 Å². The summed E-state index contributed by atoms with van der Waals surface area (Å²) in [5.41, 5.74) is 13.4. The largest absolute Gasteiger partial charge is 0.415 e. The average molecular weight is 496 g/mol. The van der Waals surface area contributed by atoms with Gasteiger partial charge in [-0.15, -0.1) is 0 Å². The van der Waals surface area contributed by atoms with Gasteiger partial charge in [-0.2, -0.15) is 0 Å². The summed E-state index contributed by atoms with van der Waals surface area (Å²) in [4.78, 5) is 41.3. The highest BCUT2D eigenvalue weighted by atomic mass is 35.5. The van der Waals surface area contributed by atoms with Crippen LogP contribution in [0.2, 0.25) is 5.02 Å². The number of ether oxygens (including phenoxy) is 1. The van der Waals surface area contributed by atoms with Gasteiger partial charge in [0.25, 0.3) is 0 Å². The summed E-state index contributed by atoms with van der Waals surface area (Å²) in [5, 5.41) is 0.697. The van der Waals surface area contributed by atoms with Crippen molar-refractivity contribution < 1.29 is 19.1 Å². The quantitative estimate of drug-likeness (QED) is 0.591. The van der Waals surface area contributed by atoms with Crippen molar-refractivity contribution in [3.05, 3.63) is 81.6 Å². The molecule has 0 aliphatic heterocycles. The molecule has 7 nitrogen and oxygen atoms in total. The molecule has 0 unspecified atom stereocenters. The molecule has 0 atom stereocenters. The minimum atomic E-state index is -0.719. The molecule has 0 bridgehead atoms. The fraction of sp³-hybridized carbons (Fsp3) is 0.370. The third kappa shape index (κ3) is 5.32. The van der Waals surface area contributed by atoms with Crippen LogP contribution in [0.4, 0.5) is 4.79 Å². The fourth-order valence-corrected chi connectivity index (χ4v) is 5.18. The van der Waals surface area contributed by atoms with Crippen LogP contribution in [0.15, 0.2) is 59.9 Å². The van der Waals surface area contributed by atoms with Gasteiger partial charge in [0.1, 0.15) is 0 Å². The van der Waals surface area contributed by atoms with Crippen LogP contribution in [0.25, 0.3) is 0 Å². The second-order valence-corrected chi connectivity index (χ2v) is 9.42. The lowest BCUT2D eigenvalue weighted by atomic mass is 9.72. The predicted octanol–water partition coefficient (Wildman–Crippen LogP) is 4.30. The van der Waals surface area contributed by atoms with Gasteiger partial charge >= 0.3 is 6.09 Å². The third-order valence-electron chi connectivity index (χ3n) is 6.83. The maximum atomic E-state index is 13.6. The van der Waals surface area contributed by atoms with E-state index in [0.29, 0.717) is 34.9 Å². The molecular weight excluding hydrogens is 466 g/mol. The summed E-state index contributed by atoms with van der Waals surface area (Å²) < 4.78 is 5.66. The number of rotatable bonds is 7. The zero-order valence-electron chi connectivity index (χ0n) is 19.5. The molecule has 8 heteroatoms. The summed E-state index contributed by atoms with van der Waals surface area (Å²) in [7, 11) is 0. The Hall–Kier alpha value is -3.00. The number of hydrogen-bond acceptors (Lipinski definition) is 6. The number of halogens is 1. The van der Waals surface area contributed by atoms with Crippen molar-refractivity contribution in [3.63, 3.8) is 0 Å². The highest BCUT2D eigenvalue weighted by Gasteiger charge is 2.40. The zero-order valence-corrected chi connectivity index (χ0v) is 20.3. The molecule has 0 saturated heterocycles. The van der Waals surface area contributed by atoms with Crippen LogP contribution >= 0.6 is 11.6 Å². The monoisotopic (exact) mass is 495 g/mol. The molecule has 0 radical (unpaired) electrons. The second kappa shape index (κ2) is 11.2. The third-order valence-corrected chi connectivity index (χ3v) is 7.09. The normalized spacial score (nSPS) is 20.0. The van der Waals surface area contributed by atoms with Crippen LogP contribution in [0.1, 0.15) is 57.9 Å². The summed E-state index contributed by atoms with van der Waals surface area (Å²) in [6.07, 6.45) is 2.41. The van der Waals surface area contributed by atoms with Crippen molar-refractivity contribution >= 4 is 29.3 Å². The average Bonchev–Trinajstić information content (AvgIpc) is 2.88. The Morgan fingerprint density at radius 3 is 1.97 bits per heavy atom. The maximum Gasteiger partial charge on any atom is 0.415 e. The van der Waals surface area contributed by atoms with Crippen molar-refractivity contribution in [2.24, 2.45) is 17.4 Å². The number of carbonyl (C=O) groups excluding carboxylic acids is 3. The Morgan fingerprint density at radius 1 is 0.857 bits per heavy atom. The molecule has 1 saturated carbocycles. The maximum absolute atomic E-state index is 13.6. The summed E-state index contributed by atoms with van der Waals surface area (Å²) in [6.45, 7) is 0.935. The molecule has 2 aromatic rings. The standard InChI is InChI=1S/C27H30ClN3O4/c28-20-11-9-18(10-12-20)17-5-7-19(8-6-17)23-24(32)21-3-1-2-4-22(21)25(33)26(23)35-27(34)31(15-13-29)16-14-30/h1-4,9-12,17,19H,5-8,13-16,29-30H2. The number of Topliss-reactive ketones (excluding diaryl/α,β-unsaturated/α-hetero) is 2. The smallest absolute Gasteiger partial charge is 0.406 e. The zero-order chi connectivity index (χ0) is 24.9. The molecule has 2 aliphatic carbocycles. The minimum absolute atomic E-state index is 0.160. The van der Waals surface area contributed by atoms with Crippen LogP contribution in [-0.2, 0) is 4.74 Å². The van der Waals surface area contributed by atoms with Crippen LogP contribution in [0.3, 0.4) is 0 Å². The summed E-state index contributed by atoms with van der Waals surface area (Å²) in [5.74, 6) is -0.677. The predicted molar refractivity (Wildman–Crippen MR) is 134 cm³/mol. The molecule has 184 valence electrons. The Balaban J connectivity index is 1.63. The van der Waals surface area contributed by atoms with Gasteiger partial charge in [-0.1, -0.05) is 48.0 Å². The van der Waals surface area contributed by atoms with Crippen molar-refractivity contribution in [2.75, 3.05) is 26.2 Å². The van der Waals surface area contributed by atoms with E-state index in [4.69, 9.17) is 27.8 Å². The molecule has 0 aromatic heterocycles. The van der Waals surface area contributed by atoms with E-state index in [1.807, 2.05) is 24.3 Å². The molecule has 2 aromatic carbocycles. The van der Waals surface area contributed by atoms with E-state index in [-0.39, 0.29) is 49.2 Å². The molecule has 4 rings (SSSR count). The number of ketones is 2. The van der Waals surface area contributed by atoms with Crippen molar-refractivity contribution in [1.29, 1.82) is 0 Å². The molecule has 35 heavy (non-hydrogen) atoms. The Kier molecular flexibility index (Phi) is 8.00. The van der Waals surface area contributed by atoms with Gasteiger partial charge in [0, 0.05) is 42.3 Å². The van der Waals surface area contributed by atoms with E-state index in [0.717, 1.165) is 12.8 Å². The van der Waals surface area contributed by atoms with Gasteiger partial charge in [0.05, 0.1) is 5.57 Å². The van der Waals surface area contributed by atoms with Crippen LogP contribution in [0.5, 0.6) is 0 Å². The van der Waals surface area contributed by atoms with E-state index in [9.17, 15) is 14.4 Å². The summed E-state index contributed by atoms with van der Waals surface area (Å²) in [6, 6.07) is 14.5. The van der Waals surface area contributed by atoms with Gasteiger partial charge in [0.15, 0.2) is 11.5 Å². The van der Waals surface area contributed by atoms with Crippen molar-refractivity contribution in [1.82, 2.24) is 4.90 Å². The first-order valence-corrected chi connectivity index (χ1v) is 12.4. The number of carbonyl (C=O) groups is 3. The van der Waals surface area contributed by atoms with Crippen molar-refractivity contribution in [3.8, 4) is 0 Å². The van der Waals surface area contributed by atoms with Crippen LogP contribution in [0, 0.1) is 5.92 Å². The number of amides is 1. The molecule has 1 fully saturated rings. The molecule has 1 amide bonds. The minimum Gasteiger partial charge on any atom is -0.406 e. The Labute approximate surface area is 210 Å². The van der Waals surface area contributed by atoms with Gasteiger partial charge < -0.3 is 21.1 Å². The van der Waals surface area contributed by atoms with Crippen LogP contribution in [-0.4, -0.2) is 48.7 Å². The topological polar surface area (TPSA) is 116 Å². The summed E-state index contributed by atoms with van der Waals surface area (Å²) >= 11 is 6.03. The Bertz CT molecular complexity index is 1130. The number of fused-ring (bicyclic) bond motifs is 1. The number of allylic oxidation sites excluding steroid dienone is 2. The molecule has 0 heterocycles. The SMILES string of the molecule is NCCN(CCN)C(=O)OC1=C(C2CCC(c3ccc(Cl)cc3)CC2)C(=O)c2ccccc2C1=O. The number of nitrogens with zero attached hydrogens (tertiary/aromatic N) is 1. The number of hydrogen-bond donors (Lipinski definition) is 2. The lowest BCUT2D eigenvalue weighted by Crippen LogP contribution is -2.40. The van der Waals surface area contributed by atoms with Crippen molar-refractivity contribution in [2.45, 2.75) is 31.6 Å². The van der Waals surface area contributed by atoms with Gasteiger partial charge in [0.2, 0.25) is 5.78 Å². The number of nitrogens with two attached hydrogens (primary N) is 2. The first-order valence-electron chi connectivity index (χ1n) is 12.0. The fourth-order valence-electron chi connectivity index (χ4n) is 5.05. The first-order chi connectivity index (χ1) is 16.9. The molecule has 0 spiro atoms. The highest BCUT2D eigenvalue weighted by Crippen LogP contribution is 2.42. The van der Waals surface area contributed by atoms with E-state index in [1.54, 1.807) is 24.3 Å². The van der Waals surface area contributed by atoms with E-state index < -0.39 is 11.9 Å². The van der Waals surface area contributed by atoms with E-state index in [2.05, 4.69) is 0 Å². The molecule has 4 N–H and O–H groups in total. The van der Waals surface area contributed by atoms with Gasteiger partial charge in [-0.25, -0.2) is 4.79 Å². The Morgan fingerprint density at radius 2 is 1.40 bits per heavy atom. The van der Waals surface area contributed by atoms with Crippen LogP contribution < -0.4 is 11.5 Å². The van der Waals surface area contributed by atoms with E-state index in [1.165, 1.54) is 10.5 Å². The molecule has 2 aliphatic rings. The highest BCUT2D eigenvalue weighted by molar-refractivity contribution is 6.30. The van der Waals surface area contributed by atoms with Gasteiger partial charge in [-0.05, 0) is 55.2 Å². The first kappa shape index (κ1) is 25.1. The van der Waals surface area contributed by atoms with Gasteiger partial charge in [-0.3, -0.25) is 9.59 Å². The lowest BCUT2D eigenvalue weighted by Gasteiger charge is -2.32. The second-order valence-electron chi connectivity index (χ2n) is 8.98.